The standard InChI is InChI=1S/C15H21N5S/c21-15(19-9-11-2-1-5-16-8-11)20-10-12-3-6-17-14-13(12)4-7-18-14/h3-4,6-7,11,16H,1-2,5,8-10H2,(H,17,18)(H2,19,20,21). The number of hydrogen-bond acceptors (Lipinski definition) is 3. The molecule has 0 saturated carbocycles. The molecule has 0 amide bonds. The summed E-state index contributed by atoms with van der Waals surface area (Å²) in [6.07, 6.45) is 6.26. The third-order valence-electron chi connectivity index (χ3n) is 3.94. The van der Waals surface area contributed by atoms with Crippen molar-refractivity contribution in [2.24, 2.45) is 5.92 Å². The maximum atomic E-state index is 5.36. The monoisotopic (exact) mass is 303 g/mol. The summed E-state index contributed by atoms with van der Waals surface area (Å²) in [7, 11) is 0. The van der Waals surface area contributed by atoms with Crippen LogP contribution in [0.1, 0.15) is 18.4 Å². The van der Waals surface area contributed by atoms with Gasteiger partial charge >= 0.3 is 0 Å². The topological polar surface area (TPSA) is 64.8 Å². The smallest absolute Gasteiger partial charge is 0.166 e. The van der Waals surface area contributed by atoms with Crippen LogP contribution in [-0.4, -0.2) is 34.7 Å². The second kappa shape index (κ2) is 6.87. The molecule has 5 nitrogen and oxygen atoms in total. The normalized spacial score (nSPS) is 18.6. The van der Waals surface area contributed by atoms with E-state index in [0.717, 1.165) is 35.8 Å². The zero-order valence-electron chi connectivity index (χ0n) is 12.0. The van der Waals surface area contributed by atoms with Crippen molar-refractivity contribution in [3.8, 4) is 0 Å². The Kier molecular flexibility index (Phi) is 4.67. The number of aromatic amines is 1. The van der Waals surface area contributed by atoms with Gasteiger partial charge in [0.25, 0.3) is 0 Å². The van der Waals surface area contributed by atoms with Crippen LogP contribution in [0, 0.1) is 5.92 Å². The molecule has 21 heavy (non-hydrogen) atoms. The molecular weight excluding hydrogens is 282 g/mol. The number of aromatic nitrogens is 2. The summed E-state index contributed by atoms with van der Waals surface area (Å²) in [5.41, 5.74) is 2.12. The lowest BCUT2D eigenvalue weighted by Gasteiger charge is -2.23. The van der Waals surface area contributed by atoms with E-state index in [9.17, 15) is 0 Å². The van der Waals surface area contributed by atoms with Crippen LogP contribution in [0.15, 0.2) is 24.5 Å². The quantitative estimate of drug-likeness (QED) is 0.645. The molecule has 1 aliphatic heterocycles. The first-order chi connectivity index (χ1) is 10.3. The van der Waals surface area contributed by atoms with E-state index >= 15 is 0 Å². The van der Waals surface area contributed by atoms with Crippen molar-refractivity contribution in [3.63, 3.8) is 0 Å². The number of nitrogens with one attached hydrogen (secondary N) is 4. The first-order valence-electron chi connectivity index (χ1n) is 7.46. The van der Waals surface area contributed by atoms with Crippen LogP contribution < -0.4 is 16.0 Å². The summed E-state index contributed by atoms with van der Waals surface area (Å²) in [6, 6.07) is 4.07. The van der Waals surface area contributed by atoms with Gasteiger partial charge in [0.15, 0.2) is 5.11 Å². The average molecular weight is 303 g/mol. The largest absolute Gasteiger partial charge is 0.362 e. The highest BCUT2D eigenvalue weighted by Gasteiger charge is 2.12. The Balaban J connectivity index is 1.48. The molecule has 0 aromatic carbocycles. The Morgan fingerprint density at radius 3 is 3.19 bits per heavy atom. The molecule has 3 rings (SSSR count). The molecular formula is C15H21N5S. The third-order valence-corrected chi connectivity index (χ3v) is 4.23. The zero-order chi connectivity index (χ0) is 14.5. The van der Waals surface area contributed by atoms with Crippen LogP contribution in [0.3, 0.4) is 0 Å². The first kappa shape index (κ1) is 14.3. The lowest BCUT2D eigenvalue weighted by atomic mass is 10.00. The van der Waals surface area contributed by atoms with Crippen LogP contribution >= 0.6 is 12.2 Å². The van der Waals surface area contributed by atoms with Crippen LogP contribution in [0.5, 0.6) is 0 Å². The van der Waals surface area contributed by atoms with E-state index in [-0.39, 0.29) is 0 Å². The summed E-state index contributed by atoms with van der Waals surface area (Å²) in [6.45, 7) is 3.89. The van der Waals surface area contributed by atoms with Crippen molar-refractivity contribution in [2.75, 3.05) is 19.6 Å². The molecule has 2 aromatic rings. The minimum Gasteiger partial charge on any atom is -0.362 e. The van der Waals surface area contributed by atoms with Crippen molar-refractivity contribution in [1.82, 2.24) is 25.9 Å². The lowest BCUT2D eigenvalue weighted by Crippen LogP contribution is -2.41. The zero-order valence-corrected chi connectivity index (χ0v) is 12.8. The van der Waals surface area contributed by atoms with Crippen molar-refractivity contribution in [3.05, 3.63) is 30.1 Å². The highest BCUT2D eigenvalue weighted by atomic mass is 32.1. The molecule has 1 saturated heterocycles. The second-order valence-corrected chi connectivity index (χ2v) is 5.89. The molecule has 3 heterocycles. The second-order valence-electron chi connectivity index (χ2n) is 5.49. The van der Waals surface area contributed by atoms with Crippen molar-refractivity contribution in [2.45, 2.75) is 19.4 Å². The molecule has 0 bridgehead atoms. The molecule has 0 spiro atoms. The number of thiocarbonyl (C=S) groups is 1. The highest BCUT2D eigenvalue weighted by Crippen LogP contribution is 2.14. The summed E-state index contributed by atoms with van der Waals surface area (Å²) in [5, 5.41) is 11.9. The molecule has 112 valence electrons. The van der Waals surface area contributed by atoms with Gasteiger partial charge in [0.05, 0.1) is 0 Å². The highest BCUT2D eigenvalue weighted by molar-refractivity contribution is 7.80. The van der Waals surface area contributed by atoms with Crippen molar-refractivity contribution < 1.29 is 0 Å². The minimum absolute atomic E-state index is 0.677. The molecule has 4 N–H and O–H groups in total. The van der Waals surface area contributed by atoms with Gasteiger partial charge in [-0.05, 0) is 61.8 Å². The molecule has 1 unspecified atom stereocenters. The van der Waals surface area contributed by atoms with Gasteiger partial charge in [-0.3, -0.25) is 0 Å². The van der Waals surface area contributed by atoms with Crippen LogP contribution in [0.2, 0.25) is 0 Å². The summed E-state index contributed by atoms with van der Waals surface area (Å²) < 4.78 is 0. The average Bonchev–Trinajstić information content (AvgIpc) is 3.01. The Hall–Kier alpha value is -1.66. The van der Waals surface area contributed by atoms with Crippen LogP contribution in [0.25, 0.3) is 11.0 Å². The number of piperidine rings is 1. The SMILES string of the molecule is S=C(NCc1ccnc2[nH]ccc12)NCC1CCCNC1. The number of fused-ring (bicyclic) bond motifs is 1. The lowest BCUT2D eigenvalue weighted by molar-refractivity contribution is 0.375. The van der Waals surface area contributed by atoms with E-state index in [2.05, 4.69) is 25.9 Å². The Labute approximate surface area is 129 Å². The van der Waals surface area contributed by atoms with Gasteiger partial charge in [-0.15, -0.1) is 0 Å². The third kappa shape index (κ3) is 3.71. The van der Waals surface area contributed by atoms with E-state index < -0.39 is 0 Å². The van der Waals surface area contributed by atoms with Gasteiger partial charge in [-0.1, -0.05) is 0 Å². The summed E-state index contributed by atoms with van der Waals surface area (Å²) >= 11 is 5.36. The maximum Gasteiger partial charge on any atom is 0.166 e. The Morgan fingerprint density at radius 1 is 1.38 bits per heavy atom. The molecule has 1 aliphatic rings. The molecule has 0 aliphatic carbocycles. The van der Waals surface area contributed by atoms with Gasteiger partial charge in [-0.2, -0.15) is 0 Å². The van der Waals surface area contributed by atoms with Gasteiger partial charge < -0.3 is 20.9 Å². The predicted molar refractivity (Wildman–Crippen MR) is 89.1 cm³/mol. The predicted octanol–water partition coefficient (Wildman–Crippen LogP) is 1.53. The number of nitrogens with zero attached hydrogens (tertiary/aromatic N) is 1. The van der Waals surface area contributed by atoms with E-state index in [1.165, 1.54) is 18.4 Å². The number of H-pyrrole nitrogens is 1. The van der Waals surface area contributed by atoms with E-state index in [0.29, 0.717) is 12.5 Å². The summed E-state index contributed by atoms with van der Waals surface area (Å²) in [4.78, 5) is 7.41. The van der Waals surface area contributed by atoms with Crippen molar-refractivity contribution >= 4 is 28.4 Å². The van der Waals surface area contributed by atoms with Gasteiger partial charge in [0, 0.05) is 30.9 Å². The van der Waals surface area contributed by atoms with Crippen LogP contribution in [0.4, 0.5) is 0 Å². The minimum atomic E-state index is 0.677. The fraction of sp³-hybridized carbons (Fsp3) is 0.467. The fourth-order valence-electron chi connectivity index (χ4n) is 2.75. The Morgan fingerprint density at radius 2 is 2.33 bits per heavy atom. The summed E-state index contributed by atoms with van der Waals surface area (Å²) in [5.74, 6) is 0.677. The maximum absolute atomic E-state index is 5.36. The molecule has 0 radical (unpaired) electrons. The van der Waals surface area contributed by atoms with Crippen molar-refractivity contribution in [1.29, 1.82) is 0 Å². The van der Waals surface area contributed by atoms with E-state index in [1.807, 2.05) is 24.5 Å². The molecule has 1 atom stereocenters. The molecule has 6 heteroatoms. The number of pyridine rings is 1. The van der Waals surface area contributed by atoms with Crippen LogP contribution in [-0.2, 0) is 6.54 Å². The van der Waals surface area contributed by atoms with Gasteiger partial charge in [-0.25, -0.2) is 4.98 Å². The molecule has 1 fully saturated rings. The first-order valence-corrected chi connectivity index (χ1v) is 7.87. The fourth-order valence-corrected chi connectivity index (χ4v) is 2.90. The van der Waals surface area contributed by atoms with Gasteiger partial charge in [0.2, 0.25) is 0 Å². The van der Waals surface area contributed by atoms with E-state index in [4.69, 9.17) is 12.2 Å². The van der Waals surface area contributed by atoms with E-state index in [1.54, 1.807) is 0 Å². The number of hydrogen-bond donors (Lipinski definition) is 4. The molecule has 2 aromatic heterocycles. The Bertz CT molecular complexity index is 603. The number of rotatable bonds is 4. The van der Waals surface area contributed by atoms with Gasteiger partial charge in [0.1, 0.15) is 5.65 Å².